The maximum absolute atomic E-state index is 9.84. The van der Waals surface area contributed by atoms with E-state index in [4.69, 9.17) is 27.9 Å². The number of hydrogen-bond acceptors (Lipinski definition) is 3. The van der Waals surface area contributed by atoms with Crippen LogP contribution in [0.3, 0.4) is 0 Å². The van der Waals surface area contributed by atoms with Crippen molar-refractivity contribution in [2.45, 2.75) is 31.8 Å². The van der Waals surface area contributed by atoms with E-state index in [9.17, 15) is 5.11 Å². The largest absolute Gasteiger partial charge is 0.488 e. The third-order valence-electron chi connectivity index (χ3n) is 3.38. The summed E-state index contributed by atoms with van der Waals surface area (Å²) in [6, 6.07) is 5.19. The zero-order valence-electron chi connectivity index (χ0n) is 11.4. The second kappa shape index (κ2) is 8.08. The zero-order chi connectivity index (χ0) is 14.4. The second-order valence-corrected chi connectivity index (χ2v) is 6.12. The van der Waals surface area contributed by atoms with Gasteiger partial charge in [0, 0.05) is 6.54 Å². The van der Waals surface area contributed by atoms with Crippen molar-refractivity contribution in [3.05, 3.63) is 28.2 Å². The van der Waals surface area contributed by atoms with Crippen LogP contribution in [0, 0.1) is 5.92 Å². The molecule has 0 radical (unpaired) electrons. The first-order valence-electron chi connectivity index (χ1n) is 7.12. The first-order chi connectivity index (χ1) is 9.66. The number of nitrogens with one attached hydrogen (secondary N) is 1. The predicted octanol–water partition coefficient (Wildman–Crippen LogP) is 3.51. The summed E-state index contributed by atoms with van der Waals surface area (Å²) >= 11 is 12.0. The summed E-state index contributed by atoms with van der Waals surface area (Å²) in [5.74, 6) is 1.40. The van der Waals surface area contributed by atoms with Crippen LogP contribution in [0.2, 0.25) is 10.0 Å². The van der Waals surface area contributed by atoms with Crippen LogP contribution in [0.5, 0.6) is 5.75 Å². The van der Waals surface area contributed by atoms with Crippen molar-refractivity contribution in [1.29, 1.82) is 0 Å². The van der Waals surface area contributed by atoms with E-state index < -0.39 is 6.10 Å². The highest BCUT2D eigenvalue weighted by Gasteiger charge is 2.19. The minimum atomic E-state index is -0.566. The standard InChI is InChI=1S/C15H21Cl2NO2/c16-13-4-1-5-14(17)15(13)20-10-12(19)9-18-8-2-3-11-6-7-11/h1,4-5,11-12,18-19H,2-3,6-10H2. The van der Waals surface area contributed by atoms with Gasteiger partial charge in [-0.15, -0.1) is 0 Å². The van der Waals surface area contributed by atoms with Crippen LogP contribution in [0.15, 0.2) is 18.2 Å². The zero-order valence-corrected chi connectivity index (χ0v) is 13.0. The van der Waals surface area contributed by atoms with Crippen LogP contribution in [0.1, 0.15) is 25.7 Å². The molecule has 0 amide bonds. The number of halogens is 2. The van der Waals surface area contributed by atoms with Gasteiger partial charge in [0.15, 0.2) is 5.75 Å². The maximum atomic E-state index is 9.84. The fourth-order valence-electron chi connectivity index (χ4n) is 2.05. The summed E-state index contributed by atoms with van der Waals surface area (Å²) in [7, 11) is 0. The highest BCUT2D eigenvalue weighted by Crippen LogP contribution is 2.33. The van der Waals surface area contributed by atoms with E-state index in [1.807, 2.05) is 0 Å². The van der Waals surface area contributed by atoms with Crippen molar-refractivity contribution in [2.75, 3.05) is 19.7 Å². The molecule has 1 saturated carbocycles. The lowest BCUT2D eigenvalue weighted by molar-refractivity contribution is 0.106. The van der Waals surface area contributed by atoms with Crippen molar-refractivity contribution < 1.29 is 9.84 Å². The molecule has 1 atom stereocenters. The molecule has 5 heteroatoms. The van der Waals surface area contributed by atoms with Crippen molar-refractivity contribution in [3.8, 4) is 5.75 Å². The molecule has 1 aliphatic carbocycles. The van der Waals surface area contributed by atoms with Gasteiger partial charge in [-0.25, -0.2) is 0 Å². The van der Waals surface area contributed by atoms with E-state index in [1.54, 1.807) is 18.2 Å². The molecule has 1 aromatic carbocycles. The predicted molar refractivity (Wildman–Crippen MR) is 82.8 cm³/mol. The summed E-state index contributed by atoms with van der Waals surface area (Å²) in [5.41, 5.74) is 0. The van der Waals surface area contributed by atoms with Gasteiger partial charge in [-0.3, -0.25) is 0 Å². The normalized spacial score (nSPS) is 16.1. The summed E-state index contributed by atoms with van der Waals surface area (Å²) in [5, 5.41) is 14.0. The minimum Gasteiger partial charge on any atom is -0.488 e. The quantitative estimate of drug-likeness (QED) is 0.685. The molecule has 1 aromatic rings. The number of ether oxygens (including phenoxy) is 1. The van der Waals surface area contributed by atoms with Crippen LogP contribution in [0.25, 0.3) is 0 Å². The van der Waals surface area contributed by atoms with Gasteiger partial charge in [0.2, 0.25) is 0 Å². The van der Waals surface area contributed by atoms with Gasteiger partial charge in [-0.1, -0.05) is 42.1 Å². The topological polar surface area (TPSA) is 41.5 Å². The van der Waals surface area contributed by atoms with E-state index >= 15 is 0 Å². The molecule has 0 saturated heterocycles. The molecule has 2 N–H and O–H groups in total. The number of aliphatic hydroxyl groups is 1. The van der Waals surface area contributed by atoms with Gasteiger partial charge in [0.25, 0.3) is 0 Å². The summed E-state index contributed by atoms with van der Waals surface area (Å²) in [4.78, 5) is 0. The van der Waals surface area contributed by atoms with Crippen LogP contribution in [0.4, 0.5) is 0 Å². The fraction of sp³-hybridized carbons (Fsp3) is 0.600. The molecule has 0 heterocycles. The molecule has 1 fully saturated rings. The SMILES string of the molecule is OC(CNCCCC1CC1)COc1c(Cl)cccc1Cl. The Labute approximate surface area is 130 Å². The van der Waals surface area contributed by atoms with Gasteiger partial charge in [-0.05, 0) is 37.4 Å². The van der Waals surface area contributed by atoms with Crippen LogP contribution in [-0.4, -0.2) is 30.9 Å². The first kappa shape index (κ1) is 15.9. The van der Waals surface area contributed by atoms with Crippen molar-refractivity contribution >= 4 is 23.2 Å². The van der Waals surface area contributed by atoms with Crippen molar-refractivity contribution in [3.63, 3.8) is 0 Å². The summed E-state index contributed by atoms with van der Waals surface area (Å²) in [6.07, 6.45) is 4.70. The van der Waals surface area contributed by atoms with E-state index in [0.717, 1.165) is 12.5 Å². The smallest absolute Gasteiger partial charge is 0.156 e. The lowest BCUT2D eigenvalue weighted by atomic mass is 10.2. The molecular weight excluding hydrogens is 297 g/mol. The Bertz CT molecular complexity index is 404. The minimum absolute atomic E-state index is 0.180. The van der Waals surface area contributed by atoms with Crippen molar-refractivity contribution in [1.82, 2.24) is 5.32 Å². The van der Waals surface area contributed by atoms with E-state index in [1.165, 1.54) is 25.7 Å². The lowest BCUT2D eigenvalue weighted by Gasteiger charge is -2.14. The van der Waals surface area contributed by atoms with Crippen LogP contribution in [-0.2, 0) is 0 Å². The van der Waals surface area contributed by atoms with Crippen LogP contribution >= 0.6 is 23.2 Å². The molecule has 2 rings (SSSR count). The monoisotopic (exact) mass is 317 g/mol. The number of rotatable bonds is 9. The van der Waals surface area contributed by atoms with E-state index in [0.29, 0.717) is 22.3 Å². The Morgan fingerprint density at radius 3 is 2.65 bits per heavy atom. The number of aliphatic hydroxyl groups excluding tert-OH is 1. The van der Waals surface area contributed by atoms with Gasteiger partial charge in [0.05, 0.1) is 10.0 Å². The first-order valence-corrected chi connectivity index (χ1v) is 7.88. The van der Waals surface area contributed by atoms with Gasteiger partial charge < -0.3 is 15.2 Å². The average Bonchev–Trinajstić information content (AvgIpc) is 3.22. The second-order valence-electron chi connectivity index (χ2n) is 5.31. The fourth-order valence-corrected chi connectivity index (χ4v) is 2.56. The van der Waals surface area contributed by atoms with E-state index in [-0.39, 0.29) is 6.61 Å². The molecule has 0 aliphatic heterocycles. The Hall–Kier alpha value is -0.480. The Balaban J connectivity index is 1.60. The molecule has 0 bridgehead atoms. The van der Waals surface area contributed by atoms with Gasteiger partial charge >= 0.3 is 0 Å². The van der Waals surface area contributed by atoms with E-state index in [2.05, 4.69) is 5.32 Å². The lowest BCUT2D eigenvalue weighted by Crippen LogP contribution is -2.32. The highest BCUT2D eigenvalue weighted by atomic mass is 35.5. The highest BCUT2D eigenvalue weighted by molar-refractivity contribution is 6.37. The Morgan fingerprint density at radius 1 is 1.30 bits per heavy atom. The molecule has 20 heavy (non-hydrogen) atoms. The molecule has 1 aliphatic rings. The average molecular weight is 318 g/mol. The van der Waals surface area contributed by atoms with Gasteiger partial charge in [-0.2, -0.15) is 0 Å². The summed E-state index contributed by atoms with van der Waals surface area (Å²) < 4.78 is 5.48. The van der Waals surface area contributed by atoms with Gasteiger partial charge in [0.1, 0.15) is 12.7 Å². The number of para-hydroxylation sites is 1. The molecule has 112 valence electrons. The third kappa shape index (κ3) is 5.49. The number of benzene rings is 1. The summed E-state index contributed by atoms with van der Waals surface area (Å²) in [6.45, 7) is 1.65. The van der Waals surface area contributed by atoms with Crippen LogP contribution < -0.4 is 10.1 Å². The Kier molecular flexibility index (Phi) is 6.43. The number of hydrogen-bond donors (Lipinski definition) is 2. The molecule has 0 aromatic heterocycles. The molecule has 0 spiro atoms. The van der Waals surface area contributed by atoms with Crippen molar-refractivity contribution in [2.24, 2.45) is 5.92 Å². The molecular formula is C15H21Cl2NO2. The maximum Gasteiger partial charge on any atom is 0.156 e. The Morgan fingerprint density at radius 2 is 2.00 bits per heavy atom. The molecule has 1 unspecified atom stereocenters. The molecule has 3 nitrogen and oxygen atoms in total. The third-order valence-corrected chi connectivity index (χ3v) is 3.98.